The van der Waals surface area contributed by atoms with Crippen molar-refractivity contribution in [3.05, 3.63) is 80.7 Å². The first-order chi connectivity index (χ1) is 14.7. The maximum absolute atomic E-state index is 13.7. The zero-order chi connectivity index (χ0) is 20.6. The predicted molar refractivity (Wildman–Crippen MR) is 120 cm³/mol. The van der Waals surface area contributed by atoms with Gasteiger partial charge in [0.25, 0.3) is 5.91 Å². The molecule has 0 aliphatic carbocycles. The van der Waals surface area contributed by atoms with Gasteiger partial charge in [-0.1, -0.05) is 42.5 Å². The van der Waals surface area contributed by atoms with E-state index in [-0.39, 0.29) is 18.0 Å². The molecular formula is C23H23N3O2S2. The fraction of sp³-hybridized carbons (Fsp3) is 0.304. The van der Waals surface area contributed by atoms with Crippen molar-refractivity contribution in [2.45, 2.75) is 31.0 Å². The van der Waals surface area contributed by atoms with Gasteiger partial charge < -0.3 is 5.32 Å². The van der Waals surface area contributed by atoms with Gasteiger partial charge in [-0.2, -0.15) is 0 Å². The molecule has 0 spiro atoms. The van der Waals surface area contributed by atoms with Gasteiger partial charge in [-0.3, -0.25) is 14.6 Å². The Morgan fingerprint density at radius 3 is 2.10 bits per heavy atom. The normalized spacial score (nSPS) is 19.9. The first-order valence-electron chi connectivity index (χ1n) is 10.2. The van der Waals surface area contributed by atoms with Gasteiger partial charge in [-0.05, 0) is 41.3 Å². The van der Waals surface area contributed by atoms with E-state index in [1.54, 1.807) is 0 Å². The second-order valence-electron chi connectivity index (χ2n) is 7.80. The van der Waals surface area contributed by atoms with E-state index < -0.39 is 5.54 Å². The van der Waals surface area contributed by atoms with Crippen molar-refractivity contribution >= 4 is 34.6 Å². The minimum atomic E-state index is -1.08. The molecule has 1 aromatic carbocycles. The van der Waals surface area contributed by atoms with Gasteiger partial charge in [0.05, 0.1) is 0 Å². The molecule has 2 fully saturated rings. The van der Waals surface area contributed by atoms with Crippen molar-refractivity contribution < 1.29 is 9.59 Å². The lowest BCUT2D eigenvalue weighted by Crippen LogP contribution is -2.49. The van der Waals surface area contributed by atoms with Crippen LogP contribution in [-0.2, 0) is 16.9 Å². The van der Waals surface area contributed by atoms with Crippen LogP contribution in [0.25, 0.3) is 0 Å². The van der Waals surface area contributed by atoms with Crippen LogP contribution in [0.15, 0.2) is 65.4 Å². The Hall–Kier alpha value is -2.48. The van der Waals surface area contributed by atoms with Gasteiger partial charge in [-0.15, -0.1) is 22.7 Å². The molecule has 4 heterocycles. The summed E-state index contributed by atoms with van der Waals surface area (Å²) in [5.74, 6) is -0.140. The molecule has 30 heavy (non-hydrogen) atoms. The van der Waals surface area contributed by atoms with Gasteiger partial charge in [-0.25, -0.2) is 4.79 Å². The number of thiophene rings is 2. The minimum Gasteiger partial charge on any atom is -0.314 e. The Kier molecular flexibility index (Phi) is 5.18. The molecule has 154 valence electrons. The van der Waals surface area contributed by atoms with E-state index in [9.17, 15) is 9.59 Å². The molecular weight excluding hydrogens is 414 g/mol. The second-order valence-corrected chi connectivity index (χ2v) is 9.70. The van der Waals surface area contributed by atoms with Gasteiger partial charge in [0.1, 0.15) is 0 Å². The number of rotatable bonds is 5. The lowest BCUT2D eigenvalue weighted by Gasteiger charge is -2.35. The summed E-state index contributed by atoms with van der Waals surface area (Å²) >= 11 is 3.02. The van der Waals surface area contributed by atoms with Crippen molar-refractivity contribution in [1.29, 1.82) is 0 Å². The van der Waals surface area contributed by atoms with Crippen LogP contribution < -0.4 is 5.32 Å². The number of amides is 3. The Morgan fingerprint density at radius 2 is 1.53 bits per heavy atom. The zero-order valence-electron chi connectivity index (χ0n) is 16.5. The molecule has 0 unspecified atom stereocenters. The number of carbonyl (C=O) groups is 2. The highest BCUT2D eigenvalue weighted by Crippen LogP contribution is 2.41. The van der Waals surface area contributed by atoms with E-state index in [2.05, 4.69) is 34.5 Å². The van der Waals surface area contributed by atoms with E-state index in [0.717, 1.165) is 42.2 Å². The molecule has 0 atom stereocenters. The molecule has 3 amide bonds. The van der Waals surface area contributed by atoms with E-state index >= 15 is 0 Å². The highest BCUT2D eigenvalue weighted by atomic mass is 32.1. The third kappa shape index (κ3) is 3.27. The van der Waals surface area contributed by atoms with Gasteiger partial charge in [0.2, 0.25) is 0 Å². The molecule has 5 nitrogen and oxygen atoms in total. The maximum atomic E-state index is 13.7. The number of piperidine rings is 1. The molecule has 0 saturated carbocycles. The van der Waals surface area contributed by atoms with Crippen LogP contribution in [0.3, 0.4) is 0 Å². The van der Waals surface area contributed by atoms with Crippen LogP contribution in [-0.4, -0.2) is 40.9 Å². The topological polar surface area (TPSA) is 52.7 Å². The summed E-state index contributed by atoms with van der Waals surface area (Å²) in [6.45, 7) is 2.66. The number of imide groups is 1. The van der Waals surface area contributed by atoms with Gasteiger partial charge >= 0.3 is 6.03 Å². The van der Waals surface area contributed by atoms with Crippen molar-refractivity contribution in [2.24, 2.45) is 0 Å². The number of carbonyl (C=O) groups excluding carboxylic acids is 2. The molecule has 2 aliphatic rings. The summed E-state index contributed by atoms with van der Waals surface area (Å²) in [6.07, 6.45) is 1.61. The fourth-order valence-electron chi connectivity index (χ4n) is 4.50. The average Bonchev–Trinajstić information content (AvgIpc) is 3.52. The van der Waals surface area contributed by atoms with E-state index in [1.165, 1.54) is 33.1 Å². The number of hydrogen-bond acceptors (Lipinski definition) is 5. The first kappa shape index (κ1) is 19.5. The third-order valence-electron chi connectivity index (χ3n) is 6.01. The molecule has 2 aromatic heterocycles. The fourth-order valence-corrected chi connectivity index (χ4v) is 6.33. The van der Waals surface area contributed by atoms with Crippen LogP contribution in [0.2, 0.25) is 0 Å². The standard InChI is InChI=1S/C23H23N3O2S2/c27-21-23(19-8-4-14-29-19,20-9-5-15-30-20)24-22(28)26(21)18-10-12-25(13-11-18)16-17-6-2-1-3-7-17/h1-9,14-15,18H,10-13,16H2,(H,24,28). The highest BCUT2D eigenvalue weighted by Gasteiger charge is 2.56. The Balaban J connectivity index is 1.35. The largest absolute Gasteiger partial charge is 0.325 e. The van der Waals surface area contributed by atoms with Crippen molar-refractivity contribution in [1.82, 2.24) is 15.1 Å². The van der Waals surface area contributed by atoms with E-state index in [0.29, 0.717) is 0 Å². The Bertz CT molecular complexity index is 976. The summed E-state index contributed by atoms with van der Waals surface area (Å²) in [7, 11) is 0. The molecule has 0 radical (unpaired) electrons. The number of benzene rings is 1. The molecule has 5 rings (SSSR count). The Labute approximate surface area is 183 Å². The van der Waals surface area contributed by atoms with Gasteiger partial charge in [0, 0.05) is 35.4 Å². The molecule has 7 heteroatoms. The van der Waals surface area contributed by atoms with Crippen LogP contribution in [0, 0.1) is 0 Å². The smallest absolute Gasteiger partial charge is 0.314 e. The minimum absolute atomic E-state index is 0.0636. The van der Waals surface area contributed by atoms with Crippen molar-refractivity contribution in [2.75, 3.05) is 13.1 Å². The molecule has 3 aromatic rings. The van der Waals surface area contributed by atoms with E-state index in [4.69, 9.17) is 0 Å². The molecule has 0 bridgehead atoms. The SMILES string of the molecule is O=C1NC(c2cccs2)(c2cccs2)C(=O)N1C1CCN(Cc2ccccc2)CC1. The third-order valence-corrected chi connectivity index (χ3v) is 7.98. The van der Waals surface area contributed by atoms with Crippen molar-refractivity contribution in [3.8, 4) is 0 Å². The lowest BCUT2D eigenvalue weighted by molar-refractivity contribution is -0.132. The van der Waals surface area contributed by atoms with E-state index in [1.807, 2.05) is 41.1 Å². The number of urea groups is 1. The Morgan fingerprint density at radius 1 is 0.900 bits per heavy atom. The number of likely N-dealkylation sites (tertiary alicyclic amines) is 1. The monoisotopic (exact) mass is 437 g/mol. The lowest BCUT2D eigenvalue weighted by atomic mass is 9.94. The summed E-state index contributed by atoms with van der Waals surface area (Å²) in [5, 5.41) is 6.97. The van der Waals surface area contributed by atoms with Crippen LogP contribution in [0.5, 0.6) is 0 Å². The second kappa shape index (κ2) is 7.98. The summed E-state index contributed by atoms with van der Waals surface area (Å²) < 4.78 is 0. The maximum Gasteiger partial charge on any atom is 0.325 e. The van der Waals surface area contributed by atoms with Crippen LogP contribution in [0.1, 0.15) is 28.2 Å². The number of nitrogens with zero attached hydrogens (tertiary/aromatic N) is 2. The summed E-state index contributed by atoms with van der Waals surface area (Å²) in [5.41, 5.74) is 0.209. The van der Waals surface area contributed by atoms with Gasteiger partial charge in [0.15, 0.2) is 5.54 Å². The quantitative estimate of drug-likeness (QED) is 0.607. The average molecular weight is 438 g/mol. The van der Waals surface area contributed by atoms with Crippen LogP contribution in [0.4, 0.5) is 4.79 Å². The number of nitrogens with one attached hydrogen (secondary N) is 1. The highest BCUT2D eigenvalue weighted by molar-refractivity contribution is 7.12. The predicted octanol–water partition coefficient (Wildman–Crippen LogP) is 4.27. The molecule has 1 N–H and O–H groups in total. The summed E-state index contributed by atoms with van der Waals surface area (Å²) in [4.78, 5) is 32.4. The molecule has 2 saturated heterocycles. The molecule has 2 aliphatic heterocycles. The zero-order valence-corrected chi connectivity index (χ0v) is 18.1. The van der Waals surface area contributed by atoms with Crippen molar-refractivity contribution in [3.63, 3.8) is 0 Å². The summed E-state index contributed by atoms with van der Waals surface area (Å²) in [6, 6.07) is 17.8. The first-order valence-corrected chi connectivity index (χ1v) is 11.9. The number of hydrogen-bond donors (Lipinski definition) is 1. The van der Waals surface area contributed by atoms with Crippen LogP contribution >= 0.6 is 22.7 Å².